The topological polar surface area (TPSA) is 72.9 Å². The molecule has 1 aliphatic heterocycles. The molecule has 1 aliphatic rings. The van der Waals surface area contributed by atoms with Gasteiger partial charge >= 0.3 is 5.97 Å². The van der Waals surface area contributed by atoms with Crippen LogP contribution in [0.3, 0.4) is 0 Å². The van der Waals surface area contributed by atoms with E-state index in [0.717, 1.165) is 16.7 Å². The predicted octanol–water partition coefficient (Wildman–Crippen LogP) is 4.39. The van der Waals surface area contributed by atoms with Crippen molar-refractivity contribution in [2.75, 3.05) is 6.61 Å². The summed E-state index contributed by atoms with van der Waals surface area (Å²) in [6.07, 6.45) is 1.53. The number of hydrogen-bond acceptors (Lipinski definition) is 6. The zero-order chi connectivity index (χ0) is 21.7. The standard InChI is InChI=1S/C22H20FNO5S/c1-3-28-21(26)14(2)24-20(25)19(30-22(24)27)12-15-8-5-7-11-18(15)29-13-16-9-4-6-10-17(16)23/h4-12,14H,3,13H2,1-2H3/b19-12+/t14-/m0/s1. The van der Waals surface area contributed by atoms with Crippen molar-refractivity contribution >= 4 is 35.0 Å². The number of carbonyl (C=O) groups excluding carboxylic acids is 3. The summed E-state index contributed by atoms with van der Waals surface area (Å²) in [5.41, 5.74) is 0.957. The highest BCUT2D eigenvalue weighted by Gasteiger charge is 2.41. The Labute approximate surface area is 177 Å². The summed E-state index contributed by atoms with van der Waals surface area (Å²) in [5.74, 6) is -1.15. The maximum Gasteiger partial charge on any atom is 0.329 e. The van der Waals surface area contributed by atoms with Gasteiger partial charge in [0, 0.05) is 11.1 Å². The molecule has 0 aromatic heterocycles. The number of nitrogens with zero attached hydrogens (tertiary/aromatic N) is 1. The quantitative estimate of drug-likeness (QED) is 0.480. The Hall–Kier alpha value is -3.13. The molecule has 2 aromatic rings. The highest BCUT2D eigenvalue weighted by atomic mass is 32.2. The number of ether oxygens (including phenoxy) is 2. The zero-order valence-corrected chi connectivity index (χ0v) is 17.3. The lowest BCUT2D eigenvalue weighted by Gasteiger charge is -2.19. The molecule has 6 nitrogen and oxygen atoms in total. The fourth-order valence-electron chi connectivity index (χ4n) is 2.83. The van der Waals surface area contributed by atoms with E-state index in [1.165, 1.54) is 19.1 Å². The van der Waals surface area contributed by atoms with Crippen molar-refractivity contribution in [1.29, 1.82) is 0 Å². The average Bonchev–Trinajstić information content (AvgIpc) is 3.01. The maximum absolute atomic E-state index is 13.8. The van der Waals surface area contributed by atoms with Gasteiger partial charge in [-0.05, 0) is 43.8 Å². The molecule has 30 heavy (non-hydrogen) atoms. The number of amides is 2. The van der Waals surface area contributed by atoms with Crippen molar-refractivity contribution in [2.45, 2.75) is 26.5 Å². The summed E-state index contributed by atoms with van der Waals surface area (Å²) in [6, 6.07) is 12.2. The Morgan fingerprint density at radius 3 is 2.60 bits per heavy atom. The fraction of sp³-hybridized carbons (Fsp3) is 0.227. The van der Waals surface area contributed by atoms with Crippen LogP contribution in [0.5, 0.6) is 5.75 Å². The van der Waals surface area contributed by atoms with Crippen LogP contribution < -0.4 is 4.74 Å². The second kappa shape index (κ2) is 9.58. The molecule has 0 aliphatic carbocycles. The van der Waals surface area contributed by atoms with Crippen LogP contribution in [0.15, 0.2) is 53.4 Å². The van der Waals surface area contributed by atoms with Crippen LogP contribution in [0.2, 0.25) is 0 Å². The second-order valence-corrected chi connectivity index (χ2v) is 7.39. The minimum absolute atomic E-state index is 0.0128. The van der Waals surface area contributed by atoms with E-state index in [0.29, 0.717) is 16.9 Å². The first-order chi connectivity index (χ1) is 14.4. The first kappa shape index (κ1) is 21.6. The zero-order valence-electron chi connectivity index (χ0n) is 16.5. The van der Waals surface area contributed by atoms with E-state index < -0.39 is 23.2 Å². The molecule has 1 fully saturated rings. The van der Waals surface area contributed by atoms with E-state index in [9.17, 15) is 18.8 Å². The van der Waals surface area contributed by atoms with Gasteiger partial charge in [0.2, 0.25) is 0 Å². The van der Waals surface area contributed by atoms with Gasteiger partial charge < -0.3 is 9.47 Å². The lowest BCUT2D eigenvalue weighted by atomic mass is 10.1. The summed E-state index contributed by atoms with van der Waals surface area (Å²) in [4.78, 5) is 38.0. The normalized spacial score (nSPS) is 16.1. The number of esters is 1. The maximum atomic E-state index is 13.8. The molecule has 0 bridgehead atoms. The van der Waals surface area contributed by atoms with Gasteiger partial charge in [0.05, 0.1) is 11.5 Å². The predicted molar refractivity (Wildman–Crippen MR) is 111 cm³/mol. The van der Waals surface area contributed by atoms with Crippen molar-refractivity contribution < 1.29 is 28.2 Å². The summed E-state index contributed by atoms with van der Waals surface area (Å²) < 4.78 is 24.5. The first-order valence-electron chi connectivity index (χ1n) is 9.31. The second-order valence-electron chi connectivity index (χ2n) is 6.40. The highest BCUT2D eigenvalue weighted by Crippen LogP contribution is 2.35. The van der Waals surface area contributed by atoms with E-state index in [1.54, 1.807) is 49.4 Å². The average molecular weight is 429 g/mol. The Bertz CT molecular complexity index is 1010. The van der Waals surface area contributed by atoms with Crippen LogP contribution in [0.1, 0.15) is 25.0 Å². The monoisotopic (exact) mass is 429 g/mol. The lowest BCUT2D eigenvalue weighted by molar-refractivity contribution is -0.150. The molecule has 0 radical (unpaired) electrons. The minimum Gasteiger partial charge on any atom is -0.488 e. The molecule has 0 spiro atoms. The number of para-hydroxylation sites is 1. The number of imide groups is 1. The molecule has 3 rings (SSSR count). The number of carbonyl (C=O) groups is 3. The van der Waals surface area contributed by atoms with Crippen LogP contribution in [0, 0.1) is 5.82 Å². The van der Waals surface area contributed by atoms with Crippen LogP contribution in [0.25, 0.3) is 6.08 Å². The van der Waals surface area contributed by atoms with E-state index in [1.807, 2.05) is 0 Å². The van der Waals surface area contributed by atoms with E-state index in [-0.39, 0.29) is 23.9 Å². The first-order valence-corrected chi connectivity index (χ1v) is 10.1. The summed E-state index contributed by atoms with van der Waals surface area (Å²) in [7, 11) is 0. The van der Waals surface area contributed by atoms with Gasteiger partial charge in [0.1, 0.15) is 24.2 Å². The van der Waals surface area contributed by atoms with Gasteiger partial charge in [-0.1, -0.05) is 36.4 Å². The molecule has 156 valence electrons. The van der Waals surface area contributed by atoms with Crippen molar-refractivity contribution in [1.82, 2.24) is 4.90 Å². The number of benzene rings is 2. The summed E-state index contributed by atoms with van der Waals surface area (Å²) in [5, 5.41) is -0.545. The van der Waals surface area contributed by atoms with Crippen molar-refractivity contribution in [3.05, 3.63) is 70.4 Å². The summed E-state index contributed by atoms with van der Waals surface area (Å²) >= 11 is 0.741. The van der Waals surface area contributed by atoms with E-state index >= 15 is 0 Å². The van der Waals surface area contributed by atoms with Crippen LogP contribution in [-0.4, -0.2) is 34.7 Å². The summed E-state index contributed by atoms with van der Waals surface area (Å²) in [6.45, 7) is 3.26. The fourth-order valence-corrected chi connectivity index (χ4v) is 3.72. The molecule has 0 N–H and O–H groups in total. The molecule has 0 unspecified atom stereocenters. The number of thioether (sulfide) groups is 1. The smallest absolute Gasteiger partial charge is 0.329 e. The third-order valence-electron chi connectivity index (χ3n) is 4.39. The third-order valence-corrected chi connectivity index (χ3v) is 5.27. The molecule has 1 heterocycles. The minimum atomic E-state index is -1.02. The van der Waals surface area contributed by atoms with Gasteiger partial charge in [-0.25, -0.2) is 9.18 Å². The molecule has 0 saturated carbocycles. The molecule has 1 atom stereocenters. The number of hydrogen-bond donors (Lipinski definition) is 0. The molecule has 8 heteroatoms. The molecule has 2 aromatic carbocycles. The molecule has 2 amide bonds. The van der Waals surface area contributed by atoms with Crippen LogP contribution in [-0.2, 0) is 20.9 Å². The van der Waals surface area contributed by atoms with Crippen LogP contribution >= 0.6 is 11.8 Å². The molecular formula is C22H20FNO5S. The van der Waals surface area contributed by atoms with Crippen molar-refractivity contribution in [3.8, 4) is 5.75 Å². The van der Waals surface area contributed by atoms with Gasteiger partial charge in [0.15, 0.2) is 0 Å². The number of halogens is 1. The van der Waals surface area contributed by atoms with Gasteiger partial charge in [0.25, 0.3) is 11.1 Å². The van der Waals surface area contributed by atoms with E-state index in [2.05, 4.69) is 0 Å². The van der Waals surface area contributed by atoms with E-state index in [4.69, 9.17) is 9.47 Å². The lowest BCUT2D eigenvalue weighted by Crippen LogP contribution is -2.42. The Balaban J connectivity index is 1.80. The van der Waals surface area contributed by atoms with Gasteiger partial charge in [-0.2, -0.15) is 0 Å². The molecular weight excluding hydrogens is 409 g/mol. The number of rotatable bonds is 7. The van der Waals surface area contributed by atoms with Crippen molar-refractivity contribution in [2.24, 2.45) is 0 Å². The Morgan fingerprint density at radius 1 is 1.17 bits per heavy atom. The largest absolute Gasteiger partial charge is 0.488 e. The third kappa shape index (κ3) is 4.71. The SMILES string of the molecule is CCOC(=O)[C@H](C)N1C(=O)S/C(=C/c2ccccc2OCc2ccccc2F)C1=O. The highest BCUT2D eigenvalue weighted by molar-refractivity contribution is 8.18. The Kier molecular flexibility index (Phi) is 6.89. The Morgan fingerprint density at radius 2 is 1.87 bits per heavy atom. The van der Waals surface area contributed by atoms with Gasteiger partial charge in [-0.3, -0.25) is 14.5 Å². The molecule has 1 saturated heterocycles. The van der Waals surface area contributed by atoms with Gasteiger partial charge in [-0.15, -0.1) is 0 Å². The van der Waals surface area contributed by atoms with Crippen molar-refractivity contribution in [3.63, 3.8) is 0 Å². The van der Waals surface area contributed by atoms with Crippen LogP contribution in [0.4, 0.5) is 9.18 Å².